The minimum absolute atomic E-state index is 0.911. The summed E-state index contributed by atoms with van der Waals surface area (Å²) in [5.74, 6) is 0.911. The van der Waals surface area contributed by atoms with Crippen molar-refractivity contribution in [3.05, 3.63) is 212 Å². The third-order valence-corrected chi connectivity index (χ3v) is 13.2. The molecule has 0 aliphatic heterocycles. The number of rotatable bonds is 6. The average Bonchev–Trinajstić information content (AvgIpc) is 3.90. The highest BCUT2D eigenvalue weighted by Gasteiger charge is 2.22. The van der Waals surface area contributed by atoms with E-state index >= 15 is 0 Å². The molecule has 12 aromatic rings. The summed E-state index contributed by atoms with van der Waals surface area (Å²) in [5.41, 5.74) is 11.2. The van der Waals surface area contributed by atoms with Crippen LogP contribution in [0.5, 0.6) is 0 Å². The molecule has 0 amide bonds. The first-order valence-electron chi connectivity index (χ1n) is 20.4. The maximum absolute atomic E-state index is 5.56. The Morgan fingerprint density at radius 1 is 0.417 bits per heavy atom. The van der Waals surface area contributed by atoms with Crippen LogP contribution in [0.1, 0.15) is 5.56 Å². The van der Waals surface area contributed by atoms with E-state index in [1.54, 1.807) is 0 Å². The van der Waals surface area contributed by atoms with Crippen LogP contribution in [-0.2, 0) is 0 Å². The Labute approximate surface area is 351 Å². The summed E-state index contributed by atoms with van der Waals surface area (Å²) < 4.78 is 4.97. The predicted octanol–water partition coefficient (Wildman–Crippen LogP) is 16.0. The number of benzene rings is 10. The van der Waals surface area contributed by atoms with Gasteiger partial charge in [0.25, 0.3) is 0 Å². The van der Waals surface area contributed by atoms with Crippen LogP contribution in [-0.4, -0.2) is 9.55 Å². The van der Waals surface area contributed by atoms with Crippen molar-refractivity contribution < 1.29 is 0 Å². The van der Waals surface area contributed by atoms with Gasteiger partial charge in [0.1, 0.15) is 5.82 Å². The molecule has 0 radical (unpaired) electrons. The summed E-state index contributed by atoms with van der Waals surface area (Å²) in [5, 5.41) is 9.75. The first kappa shape index (κ1) is 34.5. The number of aryl methyl sites for hydroxylation is 1. The average molecular weight is 784 g/mol. The summed E-state index contributed by atoms with van der Waals surface area (Å²) in [7, 11) is 0. The molecule has 0 bridgehead atoms. The highest BCUT2D eigenvalue weighted by atomic mass is 32.1. The number of nitrogens with zero attached hydrogens (tertiary/aromatic N) is 3. The van der Waals surface area contributed by atoms with E-state index in [9.17, 15) is 0 Å². The van der Waals surface area contributed by atoms with Crippen molar-refractivity contribution in [1.82, 2.24) is 9.55 Å². The van der Waals surface area contributed by atoms with E-state index in [1.807, 2.05) is 11.3 Å². The van der Waals surface area contributed by atoms with E-state index in [0.29, 0.717) is 0 Å². The molecule has 0 N–H and O–H groups in total. The Bertz CT molecular complexity index is 3600. The third-order valence-electron chi connectivity index (χ3n) is 12.0. The molecule has 0 aliphatic carbocycles. The fourth-order valence-electron chi connectivity index (χ4n) is 9.08. The topological polar surface area (TPSA) is 21.1 Å². The number of aromatic nitrogens is 2. The highest BCUT2D eigenvalue weighted by molar-refractivity contribution is 7.25. The number of anilines is 3. The molecule has 0 saturated heterocycles. The van der Waals surface area contributed by atoms with E-state index in [2.05, 4.69) is 223 Å². The lowest BCUT2D eigenvalue weighted by atomic mass is 10.00. The molecule has 282 valence electrons. The van der Waals surface area contributed by atoms with E-state index in [0.717, 1.165) is 50.6 Å². The Hall–Kier alpha value is -7.53. The van der Waals surface area contributed by atoms with Crippen molar-refractivity contribution in [3.63, 3.8) is 0 Å². The quantitative estimate of drug-likeness (QED) is 0.157. The van der Waals surface area contributed by atoms with Gasteiger partial charge in [0.15, 0.2) is 0 Å². The van der Waals surface area contributed by atoms with Gasteiger partial charge in [-0.15, -0.1) is 11.3 Å². The van der Waals surface area contributed by atoms with Gasteiger partial charge in [0, 0.05) is 59.3 Å². The maximum Gasteiger partial charge on any atom is 0.145 e. The van der Waals surface area contributed by atoms with Crippen LogP contribution in [0.25, 0.3) is 91.7 Å². The third kappa shape index (κ3) is 5.60. The normalized spacial score (nSPS) is 11.8. The van der Waals surface area contributed by atoms with E-state index in [1.165, 1.54) is 63.8 Å². The molecule has 2 aromatic heterocycles. The van der Waals surface area contributed by atoms with Gasteiger partial charge in [0.2, 0.25) is 0 Å². The zero-order valence-corrected chi connectivity index (χ0v) is 33.7. The minimum atomic E-state index is 0.911. The fraction of sp³-hybridized carbons (Fsp3) is 0.0179. The van der Waals surface area contributed by atoms with Crippen LogP contribution in [0.3, 0.4) is 0 Å². The van der Waals surface area contributed by atoms with Crippen molar-refractivity contribution in [2.24, 2.45) is 0 Å². The lowest BCUT2D eigenvalue weighted by Gasteiger charge is -2.26. The second kappa shape index (κ2) is 13.8. The van der Waals surface area contributed by atoms with Gasteiger partial charge in [-0.25, -0.2) is 4.98 Å². The van der Waals surface area contributed by atoms with Crippen LogP contribution < -0.4 is 4.90 Å². The molecule has 0 saturated carbocycles. The second-order valence-corrected chi connectivity index (χ2v) is 16.7. The number of hydrogen-bond acceptors (Lipinski definition) is 3. The van der Waals surface area contributed by atoms with Crippen LogP contribution in [0, 0.1) is 6.92 Å². The molecule has 0 unspecified atom stereocenters. The highest BCUT2D eigenvalue weighted by Crippen LogP contribution is 2.43. The van der Waals surface area contributed by atoms with Crippen molar-refractivity contribution >= 4 is 91.9 Å². The van der Waals surface area contributed by atoms with Gasteiger partial charge in [-0.3, -0.25) is 4.57 Å². The van der Waals surface area contributed by atoms with Gasteiger partial charge in [-0.1, -0.05) is 139 Å². The van der Waals surface area contributed by atoms with Crippen LogP contribution in [0.15, 0.2) is 206 Å². The summed E-state index contributed by atoms with van der Waals surface area (Å²) in [4.78, 5) is 7.94. The minimum Gasteiger partial charge on any atom is -0.310 e. The van der Waals surface area contributed by atoms with Gasteiger partial charge in [-0.05, 0) is 112 Å². The van der Waals surface area contributed by atoms with Crippen molar-refractivity contribution in [3.8, 4) is 28.2 Å². The summed E-state index contributed by atoms with van der Waals surface area (Å²) in [6, 6.07) is 75.1. The van der Waals surface area contributed by atoms with Crippen molar-refractivity contribution in [2.75, 3.05) is 4.90 Å². The molecule has 4 heteroatoms. The largest absolute Gasteiger partial charge is 0.310 e. The summed E-state index contributed by atoms with van der Waals surface area (Å²) in [6.07, 6.45) is 0. The van der Waals surface area contributed by atoms with Gasteiger partial charge < -0.3 is 4.90 Å². The molecule has 60 heavy (non-hydrogen) atoms. The Morgan fingerprint density at radius 3 is 1.70 bits per heavy atom. The van der Waals surface area contributed by atoms with E-state index < -0.39 is 0 Å². The number of thiophene rings is 1. The maximum atomic E-state index is 5.56. The standard InChI is InChI=1S/C56H37N3S/c1-36-18-20-38(21-19-36)39-22-27-42(28-23-39)58(45-32-33-53-51(35-45)48-14-8-9-17-52(48)60-53)43-29-25-40(26-30-43)56-57-54-49-15-6-4-12-46(49)47-13-5-7-16-50(47)55(54)59(56)44-31-24-37-10-2-3-11-41(37)34-44/h2-35H,1H3. The summed E-state index contributed by atoms with van der Waals surface area (Å²) in [6.45, 7) is 2.13. The van der Waals surface area contributed by atoms with Gasteiger partial charge in [0.05, 0.1) is 11.0 Å². The van der Waals surface area contributed by atoms with Gasteiger partial charge >= 0.3 is 0 Å². The Balaban J connectivity index is 1.05. The first-order valence-corrected chi connectivity index (χ1v) is 21.3. The predicted molar refractivity (Wildman–Crippen MR) is 257 cm³/mol. The monoisotopic (exact) mass is 783 g/mol. The van der Waals surface area contributed by atoms with Crippen molar-refractivity contribution in [1.29, 1.82) is 0 Å². The van der Waals surface area contributed by atoms with Crippen LogP contribution in [0.4, 0.5) is 17.1 Å². The Kier molecular flexibility index (Phi) is 7.94. The smallest absolute Gasteiger partial charge is 0.145 e. The fourth-order valence-corrected chi connectivity index (χ4v) is 10.2. The van der Waals surface area contributed by atoms with Crippen LogP contribution in [0.2, 0.25) is 0 Å². The second-order valence-electron chi connectivity index (χ2n) is 15.7. The number of hydrogen-bond donors (Lipinski definition) is 0. The molecule has 2 heterocycles. The van der Waals surface area contributed by atoms with Gasteiger partial charge in [-0.2, -0.15) is 0 Å². The lowest BCUT2D eigenvalue weighted by molar-refractivity contribution is 1.11. The molecule has 0 fully saturated rings. The lowest BCUT2D eigenvalue weighted by Crippen LogP contribution is -2.10. The zero-order chi connectivity index (χ0) is 39.7. The molecule has 0 spiro atoms. The van der Waals surface area contributed by atoms with Crippen LogP contribution >= 0.6 is 11.3 Å². The zero-order valence-electron chi connectivity index (χ0n) is 32.9. The number of imidazole rings is 1. The SMILES string of the molecule is Cc1ccc(-c2ccc(N(c3ccc(-c4nc5c6ccccc6c6ccccc6c5n4-c4ccc5ccccc5c4)cc3)c3ccc4sc5ccccc5c4c3)cc2)cc1. The van der Waals surface area contributed by atoms with E-state index in [4.69, 9.17) is 4.98 Å². The molecule has 0 aliphatic rings. The molecule has 3 nitrogen and oxygen atoms in total. The number of fused-ring (bicyclic) bond motifs is 10. The Morgan fingerprint density at radius 2 is 0.967 bits per heavy atom. The molecular formula is C56H37N3S. The van der Waals surface area contributed by atoms with Crippen molar-refractivity contribution in [2.45, 2.75) is 6.92 Å². The molecular weight excluding hydrogens is 747 g/mol. The molecule has 12 rings (SSSR count). The molecule has 0 atom stereocenters. The molecule has 10 aromatic carbocycles. The van der Waals surface area contributed by atoms with E-state index in [-0.39, 0.29) is 0 Å². The summed E-state index contributed by atoms with van der Waals surface area (Å²) >= 11 is 1.85. The first-order chi connectivity index (χ1) is 29.6.